The highest BCUT2D eigenvalue weighted by Gasteiger charge is 2.18. The van der Waals surface area contributed by atoms with Crippen molar-refractivity contribution in [1.82, 2.24) is 5.32 Å². The molecule has 1 aromatic rings. The molecule has 1 aliphatic rings. The van der Waals surface area contributed by atoms with Gasteiger partial charge in [-0.1, -0.05) is 19.1 Å². The van der Waals surface area contributed by atoms with Crippen molar-refractivity contribution in [2.45, 2.75) is 52.7 Å². The SMILES string of the molecule is CCNC(C)c1ccc2c(c1)CCCN2CCOC(C)C. The van der Waals surface area contributed by atoms with E-state index in [0.29, 0.717) is 12.1 Å². The van der Waals surface area contributed by atoms with Gasteiger partial charge in [-0.3, -0.25) is 0 Å². The van der Waals surface area contributed by atoms with Crippen molar-refractivity contribution in [3.63, 3.8) is 0 Å². The smallest absolute Gasteiger partial charge is 0.0645 e. The van der Waals surface area contributed by atoms with Crippen LogP contribution in [0.1, 0.15) is 51.3 Å². The normalized spacial score (nSPS) is 16.1. The summed E-state index contributed by atoms with van der Waals surface area (Å²) in [6.45, 7) is 12.6. The molecule has 0 bridgehead atoms. The van der Waals surface area contributed by atoms with Crippen molar-refractivity contribution in [3.8, 4) is 0 Å². The Labute approximate surface area is 129 Å². The van der Waals surface area contributed by atoms with Crippen molar-refractivity contribution in [2.75, 3.05) is 31.1 Å². The van der Waals surface area contributed by atoms with E-state index in [-0.39, 0.29) is 0 Å². The second-order valence-electron chi connectivity index (χ2n) is 6.18. The molecule has 0 amide bonds. The Bertz CT molecular complexity index is 445. The molecule has 0 radical (unpaired) electrons. The monoisotopic (exact) mass is 290 g/mol. The van der Waals surface area contributed by atoms with E-state index in [1.54, 1.807) is 0 Å². The lowest BCUT2D eigenvalue weighted by atomic mass is 9.97. The first-order valence-electron chi connectivity index (χ1n) is 8.34. The van der Waals surface area contributed by atoms with E-state index in [9.17, 15) is 0 Å². The Morgan fingerprint density at radius 2 is 2.10 bits per heavy atom. The fourth-order valence-electron chi connectivity index (χ4n) is 3.02. The summed E-state index contributed by atoms with van der Waals surface area (Å²) in [5.74, 6) is 0. The number of anilines is 1. The Morgan fingerprint density at radius 1 is 1.29 bits per heavy atom. The largest absolute Gasteiger partial charge is 0.377 e. The van der Waals surface area contributed by atoms with Crippen LogP contribution in [0, 0.1) is 0 Å². The fraction of sp³-hybridized carbons (Fsp3) is 0.667. The van der Waals surface area contributed by atoms with Crippen LogP contribution in [0.5, 0.6) is 0 Å². The highest BCUT2D eigenvalue weighted by Crippen LogP contribution is 2.29. The van der Waals surface area contributed by atoms with Gasteiger partial charge in [-0.2, -0.15) is 0 Å². The first-order valence-corrected chi connectivity index (χ1v) is 8.34. The van der Waals surface area contributed by atoms with Gasteiger partial charge in [0, 0.05) is 24.8 Å². The maximum absolute atomic E-state index is 5.70. The van der Waals surface area contributed by atoms with Crippen LogP contribution >= 0.6 is 0 Å². The van der Waals surface area contributed by atoms with Crippen LogP contribution in [0.15, 0.2) is 18.2 Å². The molecule has 3 nitrogen and oxygen atoms in total. The lowest BCUT2D eigenvalue weighted by Gasteiger charge is -2.32. The van der Waals surface area contributed by atoms with Gasteiger partial charge >= 0.3 is 0 Å². The quantitative estimate of drug-likeness (QED) is 0.831. The molecule has 1 aliphatic heterocycles. The van der Waals surface area contributed by atoms with Crippen LogP contribution in [0.25, 0.3) is 0 Å². The second kappa shape index (κ2) is 7.81. The third-order valence-corrected chi connectivity index (χ3v) is 4.14. The van der Waals surface area contributed by atoms with Crippen molar-refractivity contribution in [1.29, 1.82) is 0 Å². The van der Waals surface area contributed by atoms with Gasteiger partial charge in [0.05, 0.1) is 12.7 Å². The van der Waals surface area contributed by atoms with Gasteiger partial charge in [-0.25, -0.2) is 0 Å². The lowest BCUT2D eigenvalue weighted by molar-refractivity contribution is 0.0839. The topological polar surface area (TPSA) is 24.5 Å². The molecule has 1 unspecified atom stereocenters. The third-order valence-electron chi connectivity index (χ3n) is 4.14. The molecule has 118 valence electrons. The van der Waals surface area contributed by atoms with Crippen molar-refractivity contribution >= 4 is 5.69 Å². The van der Waals surface area contributed by atoms with E-state index in [0.717, 1.165) is 26.2 Å². The summed E-state index contributed by atoms with van der Waals surface area (Å²) in [7, 11) is 0. The van der Waals surface area contributed by atoms with Crippen LogP contribution in [0.4, 0.5) is 5.69 Å². The lowest BCUT2D eigenvalue weighted by Crippen LogP contribution is -2.33. The number of nitrogens with zero attached hydrogens (tertiary/aromatic N) is 1. The average Bonchev–Trinajstić information content (AvgIpc) is 2.46. The summed E-state index contributed by atoms with van der Waals surface area (Å²) in [5.41, 5.74) is 4.30. The molecule has 0 spiro atoms. The second-order valence-corrected chi connectivity index (χ2v) is 6.18. The molecule has 2 rings (SSSR count). The van der Waals surface area contributed by atoms with Crippen LogP contribution < -0.4 is 10.2 Å². The minimum Gasteiger partial charge on any atom is -0.377 e. The molecular weight excluding hydrogens is 260 g/mol. The highest BCUT2D eigenvalue weighted by atomic mass is 16.5. The number of hydrogen-bond acceptors (Lipinski definition) is 3. The van der Waals surface area contributed by atoms with Crippen LogP contribution in [0.2, 0.25) is 0 Å². The molecule has 0 saturated heterocycles. The fourth-order valence-corrected chi connectivity index (χ4v) is 3.02. The maximum Gasteiger partial charge on any atom is 0.0645 e. The first kappa shape index (κ1) is 16.3. The van der Waals surface area contributed by atoms with E-state index in [2.05, 4.69) is 56.1 Å². The van der Waals surface area contributed by atoms with Gasteiger partial charge < -0.3 is 15.0 Å². The summed E-state index contributed by atoms with van der Waals surface area (Å²) in [5, 5.41) is 3.49. The Morgan fingerprint density at radius 3 is 2.81 bits per heavy atom. The summed E-state index contributed by atoms with van der Waals surface area (Å²) < 4.78 is 5.70. The summed E-state index contributed by atoms with van der Waals surface area (Å²) in [6, 6.07) is 7.39. The van der Waals surface area contributed by atoms with E-state index in [1.807, 2.05) is 0 Å². The van der Waals surface area contributed by atoms with Gasteiger partial charge in [0.15, 0.2) is 0 Å². The minimum atomic E-state index is 0.317. The van der Waals surface area contributed by atoms with E-state index in [1.165, 1.54) is 29.7 Å². The maximum atomic E-state index is 5.70. The highest BCUT2D eigenvalue weighted by molar-refractivity contribution is 5.57. The molecule has 1 N–H and O–H groups in total. The summed E-state index contributed by atoms with van der Waals surface area (Å²) >= 11 is 0. The van der Waals surface area contributed by atoms with Crippen molar-refractivity contribution in [3.05, 3.63) is 29.3 Å². The number of rotatable bonds is 7. The number of nitrogens with one attached hydrogen (secondary N) is 1. The Hall–Kier alpha value is -1.06. The average molecular weight is 290 g/mol. The Balaban J connectivity index is 2.05. The molecule has 21 heavy (non-hydrogen) atoms. The zero-order chi connectivity index (χ0) is 15.2. The molecule has 3 heteroatoms. The van der Waals surface area contributed by atoms with E-state index in [4.69, 9.17) is 4.74 Å². The van der Waals surface area contributed by atoms with Crippen LogP contribution in [-0.2, 0) is 11.2 Å². The van der Waals surface area contributed by atoms with Gasteiger partial charge in [0.2, 0.25) is 0 Å². The van der Waals surface area contributed by atoms with Gasteiger partial charge in [0.25, 0.3) is 0 Å². The molecule has 0 aliphatic carbocycles. The van der Waals surface area contributed by atoms with Gasteiger partial charge in [-0.15, -0.1) is 0 Å². The summed E-state index contributed by atoms with van der Waals surface area (Å²) in [4.78, 5) is 2.48. The number of ether oxygens (including phenoxy) is 1. The minimum absolute atomic E-state index is 0.317. The van der Waals surface area contributed by atoms with Crippen molar-refractivity contribution in [2.24, 2.45) is 0 Å². The van der Waals surface area contributed by atoms with Gasteiger partial charge in [-0.05, 0) is 57.4 Å². The van der Waals surface area contributed by atoms with E-state index >= 15 is 0 Å². The number of hydrogen-bond donors (Lipinski definition) is 1. The zero-order valence-electron chi connectivity index (χ0n) is 14.0. The van der Waals surface area contributed by atoms with Crippen molar-refractivity contribution < 1.29 is 4.74 Å². The number of benzene rings is 1. The molecule has 1 atom stereocenters. The first-order chi connectivity index (χ1) is 10.1. The number of fused-ring (bicyclic) bond motifs is 1. The zero-order valence-corrected chi connectivity index (χ0v) is 14.0. The molecule has 1 heterocycles. The number of aryl methyl sites for hydroxylation is 1. The standard InChI is InChI=1S/C18H30N2O/c1-5-19-15(4)16-8-9-18-17(13-16)7-6-10-20(18)11-12-21-14(2)3/h8-9,13-15,19H,5-7,10-12H2,1-4H3. The van der Waals surface area contributed by atoms with Gasteiger partial charge in [0.1, 0.15) is 0 Å². The molecule has 0 saturated carbocycles. The predicted octanol–water partition coefficient (Wildman–Crippen LogP) is 3.53. The molecule has 0 fully saturated rings. The predicted molar refractivity (Wildman–Crippen MR) is 90.2 cm³/mol. The molecule has 0 aromatic heterocycles. The molecule has 1 aromatic carbocycles. The third kappa shape index (κ3) is 4.45. The molecular formula is C18H30N2O. The van der Waals surface area contributed by atoms with Crippen LogP contribution in [0.3, 0.4) is 0 Å². The summed E-state index contributed by atoms with van der Waals surface area (Å²) in [6.07, 6.45) is 2.76. The van der Waals surface area contributed by atoms with E-state index < -0.39 is 0 Å². The Kier molecular flexibility index (Phi) is 6.07. The van der Waals surface area contributed by atoms with Crippen LogP contribution in [-0.4, -0.2) is 32.3 Å².